The molecule has 0 spiro atoms. The average Bonchev–Trinajstić information content (AvgIpc) is 3.20. The molecule has 2 aromatic rings. The second-order valence-corrected chi connectivity index (χ2v) is 9.35. The van der Waals surface area contributed by atoms with E-state index >= 15 is 0 Å². The highest BCUT2D eigenvalue weighted by molar-refractivity contribution is 7.91. The molecule has 7 heteroatoms. The summed E-state index contributed by atoms with van der Waals surface area (Å²) >= 11 is 0. The van der Waals surface area contributed by atoms with Gasteiger partial charge in [-0.25, -0.2) is 8.42 Å². The van der Waals surface area contributed by atoms with Crippen molar-refractivity contribution in [2.75, 3.05) is 24.6 Å². The number of piperidine rings is 1. The van der Waals surface area contributed by atoms with Crippen LogP contribution in [0.15, 0.2) is 30.5 Å². The number of carbonyl (C=O) groups excluding carboxylic acids is 1. The number of H-pyrrole nitrogens is 1. The van der Waals surface area contributed by atoms with E-state index in [4.69, 9.17) is 0 Å². The molecule has 2 N–H and O–H groups in total. The minimum absolute atomic E-state index is 0.0370. The van der Waals surface area contributed by atoms with E-state index < -0.39 is 9.84 Å². The molecule has 0 radical (unpaired) electrons. The van der Waals surface area contributed by atoms with E-state index in [0.717, 1.165) is 43.3 Å². The molecule has 2 aliphatic heterocycles. The molecule has 1 amide bonds. The molecular weight excluding hydrogens is 338 g/mol. The van der Waals surface area contributed by atoms with Crippen molar-refractivity contribution in [2.45, 2.75) is 31.3 Å². The second kappa shape index (κ2) is 6.46. The lowest BCUT2D eigenvalue weighted by atomic mass is 10.0. The largest absolute Gasteiger partial charge is 0.361 e. The van der Waals surface area contributed by atoms with Gasteiger partial charge in [0, 0.05) is 47.8 Å². The fraction of sp³-hybridized carbons (Fsp3) is 0.500. The number of hydrogen-bond acceptors (Lipinski definition) is 4. The monoisotopic (exact) mass is 361 g/mol. The highest BCUT2D eigenvalue weighted by atomic mass is 32.2. The first-order chi connectivity index (χ1) is 12.0. The van der Waals surface area contributed by atoms with E-state index in [9.17, 15) is 13.2 Å². The molecular formula is C18H23N3O3S. The van der Waals surface area contributed by atoms with E-state index in [1.54, 1.807) is 0 Å². The molecule has 1 aromatic carbocycles. The zero-order chi connectivity index (χ0) is 17.4. The number of carbonyl (C=O) groups is 1. The van der Waals surface area contributed by atoms with E-state index in [1.807, 2.05) is 30.5 Å². The van der Waals surface area contributed by atoms with Crippen LogP contribution < -0.4 is 5.32 Å². The summed E-state index contributed by atoms with van der Waals surface area (Å²) in [6, 6.07) is 7.95. The Morgan fingerprint density at radius 3 is 2.68 bits per heavy atom. The van der Waals surface area contributed by atoms with Gasteiger partial charge >= 0.3 is 0 Å². The summed E-state index contributed by atoms with van der Waals surface area (Å²) in [7, 11) is -2.84. The quantitative estimate of drug-likeness (QED) is 0.869. The average molecular weight is 361 g/mol. The molecule has 2 fully saturated rings. The third-order valence-corrected chi connectivity index (χ3v) is 7.16. The van der Waals surface area contributed by atoms with Gasteiger partial charge in [0.2, 0.25) is 0 Å². The van der Waals surface area contributed by atoms with Crippen LogP contribution in [0.3, 0.4) is 0 Å². The van der Waals surface area contributed by atoms with Gasteiger partial charge in [-0.2, -0.15) is 0 Å². The first-order valence-electron chi connectivity index (χ1n) is 8.83. The first kappa shape index (κ1) is 16.6. The van der Waals surface area contributed by atoms with E-state index in [1.165, 1.54) is 0 Å². The van der Waals surface area contributed by atoms with Crippen molar-refractivity contribution < 1.29 is 13.2 Å². The Hall–Kier alpha value is -1.86. The van der Waals surface area contributed by atoms with Gasteiger partial charge in [-0.3, -0.25) is 9.69 Å². The lowest BCUT2D eigenvalue weighted by molar-refractivity contribution is 0.0898. The molecule has 4 rings (SSSR count). The third-order valence-electron chi connectivity index (χ3n) is 5.41. The highest BCUT2D eigenvalue weighted by Gasteiger charge is 2.34. The Kier molecular flexibility index (Phi) is 4.29. The molecule has 2 saturated heterocycles. The summed E-state index contributed by atoms with van der Waals surface area (Å²) in [5.74, 6) is 0.571. The maximum Gasteiger partial charge on any atom is 0.251 e. The lowest BCUT2D eigenvalue weighted by Crippen LogP contribution is -2.48. The Morgan fingerprint density at radius 1 is 1.16 bits per heavy atom. The van der Waals surface area contributed by atoms with Crippen LogP contribution in [-0.4, -0.2) is 60.9 Å². The number of amides is 1. The van der Waals surface area contributed by atoms with Crippen LogP contribution >= 0.6 is 0 Å². The summed E-state index contributed by atoms with van der Waals surface area (Å²) in [5.41, 5.74) is 1.70. The molecule has 1 aromatic heterocycles. The molecule has 25 heavy (non-hydrogen) atoms. The van der Waals surface area contributed by atoms with Crippen LogP contribution in [0.25, 0.3) is 10.9 Å². The van der Waals surface area contributed by atoms with Crippen LogP contribution in [0.4, 0.5) is 0 Å². The van der Waals surface area contributed by atoms with Gasteiger partial charge in [-0.15, -0.1) is 0 Å². The normalized spacial score (nSPS) is 24.6. The number of aromatic amines is 1. The number of nitrogens with one attached hydrogen (secondary N) is 2. The van der Waals surface area contributed by atoms with E-state index in [0.29, 0.717) is 17.1 Å². The van der Waals surface area contributed by atoms with Gasteiger partial charge in [-0.1, -0.05) is 0 Å². The van der Waals surface area contributed by atoms with Gasteiger partial charge in [0.1, 0.15) is 0 Å². The fourth-order valence-corrected chi connectivity index (χ4v) is 5.70. The highest BCUT2D eigenvalue weighted by Crippen LogP contribution is 2.22. The van der Waals surface area contributed by atoms with Crippen molar-refractivity contribution in [1.82, 2.24) is 15.2 Å². The topological polar surface area (TPSA) is 82.3 Å². The van der Waals surface area contributed by atoms with E-state index in [-0.39, 0.29) is 18.0 Å². The minimum atomic E-state index is -2.84. The number of rotatable bonds is 3. The summed E-state index contributed by atoms with van der Waals surface area (Å²) in [6.07, 6.45) is 4.35. The number of aromatic nitrogens is 1. The molecule has 0 bridgehead atoms. The fourth-order valence-electron chi connectivity index (χ4n) is 3.94. The number of nitrogens with zero attached hydrogens (tertiary/aromatic N) is 1. The van der Waals surface area contributed by atoms with Crippen molar-refractivity contribution in [3.05, 3.63) is 36.0 Å². The van der Waals surface area contributed by atoms with Crippen molar-refractivity contribution >= 4 is 26.6 Å². The van der Waals surface area contributed by atoms with Crippen LogP contribution in [0.1, 0.15) is 29.6 Å². The molecule has 134 valence electrons. The van der Waals surface area contributed by atoms with Gasteiger partial charge in [0.25, 0.3) is 5.91 Å². The first-order valence-corrected chi connectivity index (χ1v) is 10.6. The number of sulfone groups is 1. The number of benzene rings is 1. The number of likely N-dealkylation sites (tertiary alicyclic amines) is 1. The van der Waals surface area contributed by atoms with Gasteiger partial charge in [0.15, 0.2) is 9.84 Å². The van der Waals surface area contributed by atoms with Crippen LogP contribution in [0, 0.1) is 0 Å². The Morgan fingerprint density at radius 2 is 1.96 bits per heavy atom. The summed E-state index contributed by atoms with van der Waals surface area (Å²) in [6.45, 7) is 1.70. The van der Waals surface area contributed by atoms with Crippen molar-refractivity contribution in [3.63, 3.8) is 0 Å². The maximum atomic E-state index is 12.5. The van der Waals surface area contributed by atoms with E-state index in [2.05, 4.69) is 15.2 Å². The van der Waals surface area contributed by atoms with Crippen molar-refractivity contribution in [1.29, 1.82) is 0 Å². The Labute approximate surface area is 147 Å². The molecule has 6 nitrogen and oxygen atoms in total. The predicted octanol–water partition coefficient (Wildman–Crippen LogP) is 1.55. The Bertz CT molecular complexity index is 882. The lowest BCUT2D eigenvalue weighted by Gasteiger charge is -2.35. The zero-order valence-electron chi connectivity index (χ0n) is 14.1. The van der Waals surface area contributed by atoms with Crippen LogP contribution in [0.2, 0.25) is 0 Å². The van der Waals surface area contributed by atoms with Crippen LogP contribution in [0.5, 0.6) is 0 Å². The van der Waals surface area contributed by atoms with Crippen LogP contribution in [-0.2, 0) is 9.84 Å². The minimum Gasteiger partial charge on any atom is -0.361 e. The Balaban J connectivity index is 1.33. The molecule has 3 heterocycles. The summed E-state index contributed by atoms with van der Waals surface area (Å²) in [4.78, 5) is 17.9. The molecule has 1 atom stereocenters. The molecule has 2 aliphatic rings. The predicted molar refractivity (Wildman–Crippen MR) is 97.4 cm³/mol. The maximum absolute atomic E-state index is 12.5. The van der Waals surface area contributed by atoms with Gasteiger partial charge < -0.3 is 10.3 Å². The molecule has 1 unspecified atom stereocenters. The molecule has 0 saturated carbocycles. The SMILES string of the molecule is O=C(NC1CCN(C2CCS(=O)(=O)C2)CC1)c1ccc2[nH]ccc2c1. The van der Waals surface area contributed by atoms with Crippen molar-refractivity contribution in [3.8, 4) is 0 Å². The van der Waals surface area contributed by atoms with Gasteiger partial charge in [-0.05, 0) is 43.5 Å². The third kappa shape index (κ3) is 3.57. The summed E-state index contributed by atoms with van der Waals surface area (Å²) in [5, 5.41) is 4.16. The van der Waals surface area contributed by atoms with Crippen molar-refractivity contribution in [2.24, 2.45) is 0 Å². The zero-order valence-corrected chi connectivity index (χ0v) is 14.9. The second-order valence-electron chi connectivity index (χ2n) is 7.12. The smallest absolute Gasteiger partial charge is 0.251 e. The number of fused-ring (bicyclic) bond motifs is 1. The summed E-state index contributed by atoms with van der Waals surface area (Å²) < 4.78 is 23.3. The number of hydrogen-bond donors (Lipinski definition) is 2. The molecule has 0 aliphatic carbocycles. The van der Waals surface area contributed by atoms with Gasteiger partial charge in [0.05, 0.1) is 11.5 Å². The standard InChI is InChI=1S/C18H23N3O3S/c22-18(14-1-2-17-13(11-14)3-7-19-17)20-15-4-8-21(9-5-15)16-6-10-25(23,24)12-16/h1-3,7,11,15-16,19H,4-6,8-10,12H2,(H,20,22).